The van der Waals surface area contributed by atoms with Crippen LogP contribution in [0.2, 0.25) is 0 Å². The molecule has 2 rings (SSSR count). The van der Waals surface area contributed by atoms with Crippen molar-refractivity contribution in [3.63, 3.8) is 0 Å². The largest absolute Gasteiger partial charge is 0.268 e. The Labute approximate surface area is 116 Å². The van der Waals surface area contributed by atoms with E-state index in [-0.39, 0.29) is 23.2 Å². The molecule has 4 nitrogen and oxygen atoms in total. The minimum atomic E-state index is -0.604. The van der Waals surface area contributed by atoms with Gasteiger partial charge < -0.3 is 0 Å². The van der Waals surface area contributed by atoms with Gasteiger partial charge in [0.1, 0.15) is 11.9 Å². The van der Waals surface area contributed by atoms with Crippen LogP contribution in [0.5, 0.6) is 0 Å². The fraction of sp³-hybridized carbons (Fsp3) is 0.0833. The lowest BCUT2D eigenvalue weighted by Crippen LogP contribution is -2.23. The maximum atomic E-state index is 13.8. The summed E-state index contributed by atoms with van der Waals surface area (Å²) in [6.07, 6.45) is 1.52. The van der Waals surface area contributed by atoms with E-state index in [4.69, 9.17) is 5.26 Å². The number of halogens is 2. The van der Waals surface area contributed by atoms with E-state index < -0.39 is 5.82 Å². The lowest BCUT2D eigenvalue weighted by Gasteiger charge is -2.06. The first kappa shape index (κ1) is 12.7. The van der Waals surface area contributed by atoms with Crippen LogP contribution >= 0.6 is 22.6 Å². The molecule has 0 saturated heterocycles. The first-order valence-electron chi connectivity index (χ1n) is 5.02. The van der Waals surface area contributed by atoms with Gasteiger partial charge >= 0.3 is 0 Å². The molecule has 1 aromatic carbocycles. The molecular weight excluding hydrogens is 348 g/mol. The summed E-state index contributed by atoms with van der Waals surface area (Å²) in [5.41, 5.74) is -0.0698. The normalized spacial score (nSPS) is 10.1. The minimum absolute atomic E-state index is 0.0110. The van der Waals surface area contributed by atoms with Gasteiger partial charge in [-0.05, 0) is 28.7 Å². The van der Waals surface area contributed by atoms with Crippen molar-refractivity contribution in [2.45, 2.75) is 6.54 Å². The smallest absolute Gasteiger partial charge is 0.268 e. The first-order valence-corrected chi connectivity index (χ1v) is 6.10. The summed E-state index contributed by atoms with van der Waals surface area (Å²) in [6.45, 7) is 0.0110. The third kappa shape index (κ3) is 2.56. The van der Waals surface area contributed by atoms with E-state index in [0.717, 1.165) is 8.25 Å². The Bertz CT molecular complexity index is 690. The molecule has 2 aromatic rings. The SMILES string of the molecule is N#Cc1cccc(Cn2ncc(I)cc2=O)c1F. The van der Waals surface area contributed by atoms with Crippen LogP contribution in [0, 0.1) is 20.7 Å². The predicted octanol–water partition coefficient (Wildman–Crippen LogP) is 1.91. The van der Waals surface area contributed by atoms with Gasteiger partial charge in [0, 0.05) is 15.2 Å². The zero-order chi connectivity index (χ0) is 13.1. The van der Waals surface area contributed by atoms with Crippen LogP contribution in [0.3, 0.4) is 0 Å². The van der Waals surface area contributed by atoms with Gasteiger partial charge in [-0.15, -0.1) is 0 Å². The van der Waals surface area contributed by atoms with Crippen molar-refractivity contribution in [1.82, 2.24) is 9.78 Å². The monoisotopic (exact) mass is 355 g/mol. The maximum absolute atomic E-state index is 13.8. The van der Waals surface area contributed by atoms with Crippen LogP contribution < -0.4 is 5.56 Å². The lowest BCUT2D eigenvalue weighted by atomic mass is 10.1. The molecule has 0 amide bonds. The van der Waals surface area contributed by atoms with E-state index in [2.05, 4.69) is 5.10 Å². The molecule has 18 heavy (non-hydrogen) atoms. The molecule has 0 unspecified atom stereocenters. The van der Waals surface area contributed by atoms with Crippen molar-refractivity contribution in [3.8, 4) is 6.07 Å². The Balaban J connectivity index is 2.41. The zero-order valence-electron chi connectivity index (χ0n) is 9.10. The van der Waals surface area contributed by atoms with Crippen LogP contribution in [0.4, 0.5) is 4.39 Å². The van der Waals surface area contributed by atoms with Crippen molar-refractivity contribution in [2.75, 3.05) is 0 Å². The standard InChI is InChI=1S/C12H7FIN3O/c13-12-8(5-15)2-1-3-9(12)7-17-11(18)4-10(14)6-16-17/h1-4,6H,7H2. The fourth-order valence-electron chi connectivity index (χ4n) is 1.48. The van der Waals surface area contributed by atoms with Crippen molar-refractivity contribution < 1.29 is 4.39 Å². The Morgan fingerprint density at radius 2 is 2.28 bits per heavy atom. The zero-order valence-corrected chi connectivity index (χ0v) is 11.3. The van der Waals surface area contributed by atoms with Crippen LogP contribution in [0.25, 0.3) is 0 Å². The highest BCUT2D eigenvalue weighted by Crippen LogP contribution is 2.12. The second-order valence-electron chi connectivity index (χ2n) is 3.56. The van der Waals surface area contributed by atoms with Gasteiger partial charge in [0.15, 0.2) is 0 Å². The molecule has 0 spiro atoms. The molecule has 0 radical (unpaired) electrons. The van der Waals surface area contributed by atoms with Crippen LogP contribution in [-0.2, 0) is 6.54 Å². The second-order valence-corrected chi connectivity index (χ2v) is 4.81. The summed E-state index contributed by atoms with van der Waals surface area (Å²) >= 11 is 1.98. The summed E-state index contributed by atoms with van der Waals surface area (Å²) in [5, 5.41) is 12.6. The molecule has 1 heterocycles. The molecule has 0 aliphatic carbocycles. The topological polar surface area (TPSA) is 58.7 Å². The number of benzene rings is 1. The third-order valence-corrected chi connectivity index (χ3v) is 2.95. The quantitative estimate of drug-likeness (QED) is 0.774. The number of nitrogens with zero attached hydrogens (tertiary/aromatic N) is 3. The van der Waals surface area contributed by atoms with E-state index in [1.807, 2.05) is 22.6 Å². The summed E-state index contributed by atoms with van der Waals surface area (Å²) in [4.78, 5) is 11.6. The van der Waals surface area contributed by atoms with Crippen LogP contribution in [0.15, 0.2) is 35.3 Å². The molecule has 6 heteroatoms. The molecule has 0 atom stereocenters. The van der Waals surface area contributed by atoms with Crippen molar-refractivity contribution in [2.24, 2.45) is 0 Å². The summed E-state index contributed by atoms with van der Waals surface area (Å²) in [6, 6.07) is 7.68. The molecule has 0 saturated carbocycles. The highest BCUT2D eigenvalue weighted by Gasteiger charge is 2.09. The number of hydrogen-bond donors (Lipinski definition) is 0. The first-order chi connectivity index (χ1) is 8.61. The van der Waals surface area contributed by atoms with E-state index in [9.17, 15) is 9.18 Å². The minimum Gasteiger partial charge on any atom is -0.268 e. The average molecular weight is 355 g/mol. The van der Waals surface area contributed by atoms with E-state index in [0.29, 0.717) is 0 Å². The summed E-state index contributed by atoms with van der Waals surface area (Å²) in [5.74, 6) is -0.604. The van der Waals surface area contributed by atoms with Gasteiger partial charge in [-0.3, -0.25) is 4.79 Å². The highest BCUT2D eigenvalue weighted by atomic mass is 127. The fourth-order valence-corrected chi connectivity index (χ4v) is 1.87. The lowest BCUT2D eigenvalue weighted by molar-refractivity contribution is 0.569. The summed E-state index contributed by atoms with van der Waals surface area (Å²) in [7, 11) is 0. The molecule has 1 aromatic heterocycles. The second kappa shape index (κ2) is 5.27. The van der Waals surface area contributed by atoms with Gasteiger partial charge in [0.05, 0.1) is 18.3 Å². The van der Waals surface area contributed by atoms with E-state index in [1.54, 1.807) is 12.1 Å². The molecule has 0 aliphatic rings. The molecular formula is C12H7FIN3O. The van der Waals surface area contributed by atoms with Gasteiger partial charge in [-0.25, -0.2) is 9.07 Å². The third-order valence-electron chi connectivity index (χ3n) is 2.36. The number of nitriles is 1. The Morgan fingerprint density at radius 3 is 2.94 bits per heavy atom. The van der Waals surface area contributed by atoms with Crippen LogP contribution in [0.1, 0.15) is 11.1 Å². The van der Waals surface area contributed by atoms with Crippen molar-refractivity contribution in [3.05, 3.63) is 61.3 Å². The Kier molecular flexibility index (Phi) is 3.72. The summed E-state index contributed by atoms with van der Waals surface area (Å²) < 4.78 is 15.7. The highest BCUT2D eigenvalue weighted by molar-refractivity contribution is 14.1. The molecule has 90 valence electrons. The number of rotatable bonds is 2. The van der Waals surface area contributed by atoms with Gasteiger partial charge in [-0.1, -0.05) is 12.1 Å². The molecule has 0 fully saturated rings. The van der Waals surface area contributed by atoms with Crippen LogP contribution in [-0.4, -0.2) is 9.78 Å². The van der Waals surface area contributed by atoms with Crippen molar-refractivity contribution >= 4 is 22.6 Å². The van der Waals surface area contributed by atoms with Crippen molar-refractivity contribution in [1.29, 1.82) is 5.26 Å². The van der Waals surface area contributed by atoms with Gasteiger partial charge in [0.25, 0.3) is 5.56 Å². The average Bonchev–Trinajstić information content (AvgIpc) is 2.35. The molecule has 0 N–H and O–H groups in total. The Hall–Kier alpha value is -1.75. The molecule has 0 bridgehead atoms. The molecule has 0 aliphatic heterocycles. The van der Waals surface area contributed by atoms with Gasteiger partial charge in [-0.2, -0.15) is 10.4 Å². The predicted molar refractivity (Wildman–Crippen MR) is 71.4 cm³/mol. The van der Waals surface area contributed by atoms with Gasteiger partial charge in [0.2, 0.25) is 0 Å². The Morgan fingerprint density at radius 1 is 1.50 bits per heavy atom. The maximum Gasteiger partial charge on any atom is 0.268 e. The number of aromatic nitrogens is 2. The van der Waals surface area contributed by atoms with E-state index in [1.165, 1.54) is 24.4 Å². The number of hydrogen-bond acceptors (Lipinski definition) is 3. The van der Waals surface area contributed by atoms with E-state index >= 15 is 0 Å².